The third-order valence-corrected chi connectivity index (χ3v) is 4.60. The van der Waals surface area contributed by atoms with Crippen molar-refractivity contribution in [2.24, 2.45) is 0 Å². The second kappa shape index (κ2) is 7.79. The van der Waals surface area contributed by atoms with Crippen LogP contribution in [0.2, 0.25) is 0 Å². The summed E-state index contributed by atoms with van der Waals surface area (Å²) in [6.45, 7) is 6.23. The molecule has 0 atom stereocenters. The van der Waals surface area contributed by atoms with Crippen molar-refractivity contribution in [1.29, 1.82) is 0 Å². The molecule has 1 aromatic carbocycles. The Morgan fingerprint density at radius 2 is 1.91 bits per heavy atom. The second-order valence-electron chi connectivity index (χ2n) is 6.55. The fourth-order valence-corrected chi connectivity index (χ4v) is 3.10. The molecule has 0 spiro atoms. The minimum absolute atomic E-state index is 0.142. The zero-order valence-corrected chi connectivity index (χ0v) is 14.4. The molecule has 0 aliphatic carbocycles. The molecule has 1 saturated heterocycles. The minimum Gasteiger partial charge on any atom is -0.388 e. The predicted molar refractivity (Wildman–Crippen MR) is 90.7 cm³/mol. The monoisotopic (exact) mass is 320 g/mol. The van der Waals surface area contributed by atoms with Gasteiger partial charge in [-0.1, -0.05) is 18.2 Å². The van der Waals surface area contributed by atoms with Crippen molar-refractivity contribution in [3.8, 4) is 0 Å². The Morgan fingerprint density at radius 3 is 2.52 bits per heavy atom. The van der Waals surface area contributed by atoms with Crippen molar-refractivity contribution in [2.45, 2.75) is 38.7 Å². The van der Waals surface area contributed by atoms with Gasteiger partial charge < -0.3 is 20.1 Å². The first-order chi connectivity index (χ1) is 10.9. The number of hydrogen-bond donors (Lipinski definition) is 2. The fraction of sp³-hybridized carbons (Fsp3) is 0.611. The van der Waals surface area contributed by atoms with Gasteiger partial charge in [-0.25, -0.2) is 4.79 Å². The summed E-state index contributed by atoms with van der Waals surface area (Å²) in [4.78, 5) is 13.8. The van der Waals surface area contributed by atoms with Gasteiger partial charge in [-0.05, 0) is 37.0 Å². The van der Waals surface area contributed by atoms with E-state index < -0.39 is 5.60 Å². The Labute approximate surface area is 138 Å². The van der Waals surface area contributed by atoms with E-state index in [2.05, 4.69) is 37.4 Å². The smallest absolute Gasteiger partial charge is 0.317 e. The molecule has 0 radical (unpaired) electrons. The van der Waals surface area contributed by atoms with E-state index in [1.165, 1.54) is 16.7 Å². The number of aryl methyl sites for hydroxylation is 2. The van der Waals surface area contributed by atoms with Gasteiger partial charge in [-0.15, -0.1) is 0 Å². The van der Waals surface area contributed by atoms with Crippen molar-refractivity contribution < 1.29 is 14.6 Å². The number of carbonyl (C=O) groups excluding carboxylic acids is 1. The van der Waals surface area contributed by atoms with Crippen molar-refractivity contribution in [1.82, 2.24) is 10.2 Å². The van der Waals surface area contributed by atoms with E-state index in [1.807, 2.05) is 0 Å². The van der Waals surface area contributed by atoms with Gasteiger partial charge in [0.2, 0.25) is 0 Å². The standard InChI is InChI=1S/C18H28N2O3/c1-14-5-4-6-15(2)16(14)7-10-19-17(21)20(3)13-18(22)8-11-23-12-9-18/h4-6,22H,7-13H2,1-3H3,(H,19,21). The van der Waals surface area contributed by atoms with Crippen LogP contribution in [0.5, 0.6) is 0 Å². The Balaban J connectivity index is 1.80. The van der Waals surface area contributed by atoms with Crippen LogP contribution < -0.4 is 5.32 Å². The molecule has 1 heterocycles. The van der Waals surface area contributed by atoms with E-state index in [1.54, 1.807) is 11.9 Å². The number of rotatable bonds is 5. The Morgan fingerprint density at radius 1 is 1.30 bits per heavy atom. The van der Waals surface area contributed by atoms with Gasteiger partial charge >= 0.3 is 6.03 Å². The first-order valence-corrected chi connectivity index (χ1v) is 8.25. The average Bonchev–Trinajstić information content (AvgIpc) is 2.50. The number of carbonyl (C=O) groups is 1. The van der Waals surface area contributed by atoms with Crippen LogP contribution in [0.25, 0.3) is 0 Å². The van der Waals surface area contributed by atoms with Crippen LogP contribution in [-0.2, 0) is 11.2 Å². The lowest BCUT2D eigenvalue weighted by Crippen LogP contribution is -2.50. The van der Waals surface area contributed by atoms with Crippen LogP contribution in [0.3, 0.4) is 0 Å². The highest BCUT2D eigenvalue weighted by atomic mass is 16.5. The molecule has 0 aromatic heterocycles. The molecule has 128 valence electrons. The number of aliphatic hydroxyl groups is 1. The maximum absolute atomic E-state index is 12.2. The molecular weight excluding hydrogens is 292 g/mol. The molecule has 23 heavy (non-hydrogen) atoms. The van der Waals surface area contributed by atoms with Gasteiger partial charge in [0.05, 0.1) is 12.1 Å². The maximum atomic E-state index is 12.2. The summed E-state index contributed by atoms with van der Waals surface area (Å²) in [5, 5.41) is 13.4. The van der Waals surface area contributed by atoms with E-state index in [-0.39, 0.29) is 6.03 Å². The summed E-state index contributed by atoms with van der Waals surface area (Å²) in [5.41, 5.74) is 2.98. The fourth-order valence-electron chi connectivity index (χ4n) is 3.10. The summed E-state index contributed by atoms with van der Waals surface area (Å²) >= 11 is 0. The van der Waals surface area contributed by atoms with Crippen LogP contribution in [0.1, 0.15) is 29.5 Å². The van der Waals surface area contributed by atoms with Crippen molar-refractivity contribution in [3.63, 3.8) is 0 Å². The quantitative estimate of drug-likeness (QED) is 0.872. The normalized spacial score (nSPS) is 16.9. The van der Waals surface area contributed by atoms with Crippen molar-refractivity contribution >= 4 is 6.03 Å². The van der Waals surface area contributed by atoms with E-state index in [4.69, 9.17) is 4.74 Å². The first-order valence-electron chi connectivity index (χ1n) is 8.25. The molecule has 1 aliphatic heterocycles. The predicted octanol–water partition coefficient (Wildman–Crippen LogP) is 2.03. The van der Waals surface area contributed by atoms with E-state index in [9.17, 15) is 9.90 Å². The number of benzene rings is 1. The summed E-state index contributed by atoms with van der Waals surface area (Å²) in [7, 11) is 1.72. The van der Waals surface area contributed by atoms with Gasteiger partial charge in [0, 0.05) is 39.6 Å². The maximum Gasteiger partial charge on any atom is 0.317 e. The number of amides is 2. The van der Waals surface area contributed by atoms with Crippen molar-refractivity contribution in [3.05, 3.63) is 34.9 Å². The molecule has 1 fully saturated rings. The molecule has 5 nitrogen and oxygen atoms in total. The number of ether oxygens (including phenoxy) is 1. The zero-order chi connectivity index (χ0) is 16.9. The SMILES string of the molecule is Cc1cccc(C)c1CCNC(=O)N(C)CC1(O)CCOCC1. The summed E-state index contributed by atoms with van der Waals surface area (Å²) in [5.74, 6) is 0. The second-order valence-corrected chi connectivity index (χ2v) is 6.55. The largest absolute Gasteiger partial charge is 0.388 e. The van der Waals surface area contributed by atoms with E-state index in [0.717, 1.165) is 6.42 Å². The average molecular weight is 320 g/mol. The molecule has 2 amide bonds. The topological polar surface area (TPSA) is 61.8 Å². The minimum atomic E-state index is -0.822. The third kappa shape index (κ3) is 4.94. The molecule has 0 unspecified atom stereocenters. The summed E-state index contributed by atoms with van der Waals surface area (Å²) in [6, 6.07) is 6.10. The molecule has 0 bridgehead atoms. The van der Waals surface area contributed by atoms with Crippen LogP contribution in [-0.4, -0.2) is 55.0 Å². The third-order valence-electron chi connectivity index (χ3n) is 4.60. The van der Waals surface area contributed by atoms with Crippen molar-refractivity contribution in [2.75, 3.05) is 33.4 Å². The van der Waals surface area contributed by atoms with Gasteiger partial charge in [-0.3, -0.25) is 0 Å². The molecule has 2 N–H and O–H groups in total. The molecule has 1 aliphatic rings. The lowest BCUT2D eigenvalue weighted by molar-refractivity contribution is -0.0722. The molecular formula is C18H28N2O3. The van der Waals surface area contributed by atoms with E-state index in [0.29, 0.717) is 39.1 Å². The molecule has 2 rings (SSSR count). The molecule has 5 heteroatoms. The zero-order valence-electron chi connectivity index (χ0n) is 14.4. The Bertz CT molecular complexity index is 519. The highest BCUT2D eigenvalue weighted by molar-refractivity contribution is 5.73. The Hall–Kier alpha value is -1.59. The number of hydrogen-bond acceptors (Lipinski definition) is 3. The number of nitrogens with zero attached hydrogens (tertiary/aromatic N) is 1. The van der Waals surface area contributed by atoms with Crippen LogP contribution >= 0.6 is 0 Å². The lowest BCUT2D eigenvalue weighted by Gasteiger charge is -2.35. The highest BCUT2D eigenvalue weighted by Crippen LogP contribution is 2.21. The molecule has 1 aromatic rings. The van der Waals surface area contributed by atoms with Gasteiger partial charge in [0.15, 0.2) is 0 Å². The van der Waals surface area contributed by atoms with Gasteiger partial charge in [-0.2, -0.15) is 0 Å². The van der Waals surface area contributed by atoms with E-state index >= 15 is 0 Å². The summed E-state index contributed by atoms with van der Waals surface area (Å²) in [6.07, 6.45) is 1.97. The Kier molecular flexibility index (Phi) is 6.02. The number of urea groups is 1. The molecule has 0 saturated carbocycles. The lowest BCUT2D eigenvalue weighted by atomic mass is 9.94. The van der Waals surface area contributed by atoms with Crippen LogP contribution in [0.4, 0.5) is 4.79 Å². The van der Waals surface area contributed by atoms with Crippen LogP contribution in [0.15, 0.2) is 18.2 Å². The van der Waals surface area contributed by atoms with Gasteiger partial charge in [0.25, 0.3) is 0 Å². The first kappa shape index (κ1) is 17.8. The van der Waals surface area contributed by atoms with Gasteiger partial charge in [0.1, 0.15) is 0 Å². The number of nitrogens with one attached hydrogen (secondary N) is 1. The van der Waals surface area contributed by atoms with Crippen LogP contribution in [0, 0.1) is 13.8 Å². The highest BCUT2D eigenvalue weighted by Gasteiger charge is 2.32. The summed E-state index contributed by atoms with van der Waals surface area (Å²) < 4.78 is 5.26. The number of likely N-dealkylation sites (N-methyl/N-ethyl adjacent to an activating group) is 1.